The van der Waals surface area contributed by atoms with E-state index in [9.17, 15) is 14.4 Å². The quantitative estimate of drug-likeness (QED) is 0.534. The summed E-state index contributed by atoms with van der Waals surface area (Å²) in [5.41, 5.74) is 2.77. The molecule has 2 atom stereocenters. The number of H-pyrrole nitrogens is 1. The molecular formula is C21H27N5O4. The third-order valence-corrected chi connectivity index (χ3v) is 5.01. The lowest BCUT2D eigenvalue weighted by molar-refractivity contribution is 0.0981. The van der Waals surface area contributed by atoms with Crippen molar-refractivity contribution in [2.24, 2.45) is 0 Å². The third kappa shape index (κ3) is 5.59. The van der Waals surface area contributed by atoms with Gasteiger partial charge in [-0.1, -0.05) is 6.07 Å². The first-order valence-corrected chi connectivity index (χ1v) is 10.0. The Labute approximate surface area is 175 Å². The molecule has 0 spiro atoms. The average molecular weight is 413 g/mol. The molecule has 0 radical (unpaired) electrons. The van der Waals surface area contributed by atoms with E-state index in [1.807, 2.05) is 20.8 Å². The summed E-state index contributed by atoms with van der Waals surface area (Å²) in [6.45, 7) is 5.59. The van der Waals surface area contributed by atoms with E-state index in [0.29, 0.717) is 23.5 Å². The van der Waals surface area contributed by atoms with Crippen LogP contribution in [0, 0.1) is 6.92 Å². The zero-order valence-corrected chi connectivity index (χ0v) is 17.3. The van der Waals surface area contributed by atoms with Crippen LogP contribution in [0.2, 0.25) is 0 Å². The first-order valence-electron chi connectivity index (χ1n) is 10.0. The summed E-state index contributed by atoms with van der Waals surface area (Å²) >= 11 is 0. The number of hydrogen-bond acceptors (Lipinski definition) is 5. The van der Waals surface area contributed by atoms with Gasteiger partial charge in [-0.25, -0.2) is 9.59 Å². The van der Waals surface area contributed by atoms with Crippen molar-refractivity contribution in [3.8, 4) is 0 Å². The molecule has 0 saturated heterocycles. The Morgan fingerprint density at radius 3 is 2.77 bits per heavy atom. The molecule has 1 aromatic heterocycles. The molecule has 1 heterocycles. The first-order chi connectivity index (χ1) is 14.3. The number of amides is 3. The van der Waals surface area contributed by atoms with Crippen LogP contribution in [0.25, 0.3) is 0 Å². The molecule has 9 heteroatoms. The molecule has 1 fully saturated rings. The Hall–Kier alpha value is -3.36. The number of anilines is 2. The SMILES string of the molecule is Cc1ccc(NC(=O)Nc2cc(C3CCC(OC(=O)NC(C)C)C3)[nH]n2)cc1C=O. The molecule has 4 N–H and O–H groups in total. The second kappa shape index (κ2) is 9.43. The molecule has 1 aromatic carbocycles. The van der Waals surface area contributed by atoms with Crippen LogP contribution >= 0.6 is 0 Å². The van der Waals surface area contributed by atoms with Gasteiger partial charge in [-0.2, -0.15) is 5.10 Å². The normalized spacial score (nSPS) is 18.1. The average Bonchev–Trinajstić information content (AvgIpc) is 3.32. The highest BCUT2D eigenvalue weighted by Gasteiger charge is 2.30. The van der Waals surface area contributed by atoms with Crippen LogP contribution in [0.1, 0.15) is 60.6 Å². The molecule has 0 bridgehead atoms. The Morgan fingerprint density at radius 1 is 1.23 bits per heavy atom. The summed E-state index contributed by atoms with van der Waals surface area (Å²) in [4.78, 5) is 35.0. The third-order valence-electron chi connectivity index (χ3n) is 5.01. The number of urea groups is 1. The molecule has 1 saturated carbocycles. The maximum Gasteiger partial charge on any atom is 0.407 e. The zero-order valence-electron chi connectivity index (χ0n) is 17.3. The van der Waals surface area contributed by atoms with E-state index in [4.69, 9.17) is 4.74 Å². The molecule has 9 nitrogen and oxygen atoms in total. The monoisotopic (exact) mass is 413 g/mol. The van der Waals surface area contributed by atoms with Crippen molar-refractivity contribution in [3.63, 3.8) is 0 Å². The van der Waals surface area contributed by atoms with E-state index < -0.39 is 12.1 Å². The number of benzene rings is 1. The number of carbonyl (C=O) groups excluding carboxylic acids is 3. The van der Waals surface area contributed by atoms with Gasteiger partial charge in [0.25, 0.3) is 0 Å². The van der Waals surface area contributed by atoms with Crippen molar-refractivity contribution < 1.29 is 19.1 Å². The Bertz CT molecular complexity index is 924. The maximum atomic E-state index is 12.2. The number of aromatic amines is 1. The van der Waals surface area contributed by atoms with Crippen LogP contribution in [0.3, 0.4) is 0 Å². The van der Waals surface area contributed by atoms with Crippen LogP contribution in [-0.4, -0.2) is 40.8 Å². The van der Waals surface area contributed by atoms with Crippen molar-refractivity contribution in [3.05, 3.63) is 41.1 Å². The standard InChI is InChI=1S/C21H27N5O4/c1-12(2)22-21(29)30-17-7-5-14(9-17)18-10-19(26-25-18)24-20(28)23-16-6-4-13(3)15(8-16)11-27/h4,6,8,10-12,14,17H,5,7,9H2,1-3H3,(H,22,29)(H3,23,24,25,26,28). The molecule has 2 aromatic rings. The van der Waals surface area contributed by atoms with E-state index in [-0.39, 0.29) is 18.1 Å². The number of aldehydes is 1. The minimum absolute atomic E-state index is 0.0343. The number of aromatic nitrogens is 2. The van der Waals surface area contributed by atoms with Crippen molar-refractivity contribution in [2.45, 2.75) is 58.1 Å². The van der Waals surface area contributed by atoms with Gasteiger partial charge in [0, 0.05) is 35.0 Å². The Morgan fingerprint density at radius 2 is 2.03 bits per heavy atom. The fourth-order valence-corrected chi connectivity index (χ4v) is 3.48. The molecule has 1 aliphatic rings. The second-order valence-electron chi connectivity index (χ2n) is 7.81. The topological polar surface area (TPSA) is 125 Å². The summed E-state index contributed by atoms with van der Waals surface area (Å²) in [6.07, 6.45) is 2.58. The summed E-state index contributed by atoms with van der Waals surface area (Å²) in [5, 5.41) is 15.2. The summed E-state index contributed by atoms with van der Waals surface area (Å²) < 4.78 is 5.45. The van der Waals surface area contributed by atoms with E-state index >= 15 is 0 Å². The predicted molar refractivity (Wildman–Crippen MR) is 113 cm³/mol. The first kappa shape index (κ1) is 21.4. The largest absolute Gasteiger partial charge is 0.446 e. The molecule has 160 valence electrons. The van der Waals surface area contributed by atoms with Gasteiger partial charge in [0.15, 0.2) is 5.82 Å². The van der Waals surface area contributed by atoms with E-state index in [2.05, 4.69) is 26.1 Å². The smallest absolute Gasteiger partial charge is 0.407 e. The molecular weight excluding hydrogens is 386 g/mol. The van der Waals surface area contributed by atoms with Gasteiger partial charge < -0.3 is 15.4 Å². The van der Waals surface area contributed by atoms with Gasteiger partial charge in [-0.05, 0) is 57.7 Å². The number of alkyl carbamates (subject to hydrolysis) is 1. The lowest BCUT2D eigenvalue weighted by atomic mass is 10.0. The minimum Gasteiger partial charge on any atom is -0.446 e. The number of aryl methyl sites for hydroxylation is 1. The van der Waals surface area contributed by atoms with Gasteiger partial charge in [-0.15, -0.1) is 0 Å². The van der Waals surface area contributed by atoms with Crippen LogP contribution < -0.4 is 16.0 Å². The zero-order chi connectivity index (χ0) is 21.7. The fourth-order valence-electron chi connectivity index (χ4n) is 3.48. The summed E-state index contributed by atoms with van der Waals surface area (Å²) in [7, 11) is 0. The number of ether oxygens (including phenoxy) is 1. The Kier molecular flexibility index (Phi) is 6.71. The van der Waals surface area contributed by atoms with E-state index in [0.717, 1.165) is 30.4 Å². The number of nitrogens with one attached hydrogen (secondary N) is 4. The molecule has 2 unspecified atom stereocenters. The van der Waals surface area contributed by atoms with Gasteiger partial charge in [-0.3, -0.25) is 15.2 Å². The number of carbonyl (C=O) groups is 3. The Balaban J connectivity index is 1.52. The van der Waals surface area contributed by atoms with E-state index in [1.165, 1.54) is 0 Å². The van der Waals surface area contributed by atoms with Crippen LogP contribution in [-0.2, 0) is 4.74 Å². The van der Waals surface area contributed by atoms with Crippen molar-refractivity contribution in [2.75, 3.05) is 10.6 Å². The van der Waals surface area contributed by atoms with Gasteiger partial charge in [0.2, 0.25) is 0 Å². The molecule has 0 aliphatic heterocycles. The maximum absolute atomic E-state index is 12.2. The molecule has 30 heavy (non-hydrogen) atoms. The highest BCUT2D eigenvalue weighted by molar-refractivity contribution is 5.99. The van der Waals surface area contributed by atoms with Crippen molar-refractivity contribution in [1.29, 1.82) is 0 Å². The lowest BCUT2D eigenvalue weighted by Gasteiger charge is -2.14. The van der Waals surface area contributed by atoms with Crippen molar-refractivity contribution >= 4 is 29.9 Å². The number of rotatable bonds is 6. The van der Waals surface area contributed by atoms with Crippen LogP contribution in [0.5, 0.6) is 0 Å². The highest BCUT2D eigenvalue weighted by Crippen LogP contribution is 2.35. The summed E-state index contributed by atoms with van der Waals surface area (Å²) in [5.74, 6) is 0.576. The van der Waals surface area contributed by atoms with Gasteiger partial charge in [0.1, 0.15) is 12.4 Å². The van der Waals surface area contributed by atoms with Crippen molar-refractivity contribution in [1.82, 2.24) is 15.5 Å². The lowest BCUT2D eigenvalue weighted by Crippen LogP contribution is -2.33. The van der Waals surface area contributed by atoms with Crippen LogP contribution in [0.15, 0.2) is 24.3 Å². The predicted octanol–water partition coefficient (Wildman–Crippen LogP) is 3.95. The second-order valence-corrected chi connectivity index (χ2v) is 7.81. The molecule has 3 amide bonds. The fraction of sp³-hybridized carbons (Fsp3) is 0.429. The van der Waals surface area contributed by atoms with E-state index in [1.54, 1.807) is 24.3 Å². The number of nitrogens with zero attached hydrogens (tertiary/aromatic N) is 1. The van der Waals surface area contributed by atoms with Crippen LogP contribution in [0.4, 0.5) is 21.1 Å². The van der Waals surface area contributed by atoms with Gasteiger partial charge in [0.05, 0.1) is 0 Å². The minimum atomic E-state index is -0.452. The summed E-state index contributed by atoms with van der Waals surface area (Å²) in [6, 6.07) is 6.48. The highest BCUT2D eigenvalue weighted by atomic mass is 16.6. The number of hydrogen-bond donors (Lipinski definition) is 4. The van der Waals surface area contributed by atoms with Gasteiger partial charge >= 0.3 is 12.1 Å². The molecule has 3 rings (SSSR count). The molecule has 1 aliphatic carbocycles.